The molecular formula is C19H21NO6. The Morgan fingerprint density at radius 3 is 2.12 bits per heavy atom. The molecule has 1 atom stereocenters. The van der Waals surface area contributed by atoms with Gasteiger partial charge in [-0.25, -0.2) is 0 Å². The number of ether oxygens (including phenoxy) is 4. The lowest BCUT2D eigenvalue weighted by Gasteiger charge is -2.41. The quantitative estimate of drug-likeness (QED) is 0.799. The lowest BCUT2D eigenvalue weighted by Crippen LogP contribution is -2.46. The van der Waals surface area contributed by atoms with Crippen LogP contribution in [0.5, 0.6) is 28.7 Å². The van der Waals surface area contributed by atoms with E-state index in [9.17, 15) is 9.90 Å². The van der Waals surface area contributed by atoms with Crippen LogP contribution in [-0.2, 0) is 4.79 Å². The van der Waals surface area contributed by atoms with Crippen LogP contribution in [0.4, 0.5) is 5.69 Å². The molecule has 0 spiro atoms. The molecule has 138 valence electrons. The van der Waals surface area contributed by atoms with Gasteiger partial charge in [0, 0.05) is 17.3 Å². The zero-order valence-electron chi connectivity index (χ0n) is 15.1. The molecule has 0 bridgehead atoms. The minimum Gasteiger partial charge on any atom is -0.504 e. The number of phenols is 1. The fraction of sp³-hybridized carbons (Fsp3) is 0.316. The van der Waals surface area contributed by atoms with Gasteiger partial charge in [-0.05, 0) is 24.3 Å². The van der Waals surface area contributed by atoms with Gasteiger partial charge in [-0.1, -0.05) is 0 Å². The first-order chi connectivity index (χ1) is 12.5. The first-order valence-electron chi connectivity index (χ1n) is 8.03. The predicted octanol–water partition coefficient (Wildman–Crippen LogP) is 2.90. The smallest absolute Gasteiger partial charge is 0.230 e. The first-order valence-corrected chi connectivity index (χ1v) is 8.03. The molecule has 1 unspecified atom stereocenters. The Balaban J connectivity index is 2.02. The van der Waals surface area contributed by atoms with E-state index in [-0.39, 0.29) is 17.7 Å². The number of methoxy groups -OCH3 is 4. The Labute approximate surface area is 151 Å². The Kier molecular flexibility index (Phi) is 4.79. The number of rotatable bonds is 6. The van der Waals surface area contributed by atoms with Crippen LogP contribution in [0.3, 0.4) is 0 Å². The van der Waals surface area contributed by atoms with Crippen LogP contribution in [0.25, 0.3) is 0 Å². The summed E-state index contributed by atoms with van der Waals surface area (Å²) in [5.74, 6) is 1.82. The largest absolute Gasteiger partial charge is 0.504 e. The van der Waals surface area contributed by atoms with Crippen molar-refractivity contribution in [2.45, 2.75) is 12.5 Å². The van der Waals surface area contributed by atoms with Crippen molar-refractivity contribution in [3.8, 4) is 28.7 Å². The molecule has 1 saturated heterocycles. The molecule has 0 radical (unpaired) electrons. The van der Waals surface area contributed by atoms with Crippen LogP contribution < -0.4 is 23.8 Å². The SMILES string of the molecule is COc1ccc(N2C(=O)CC2c2ccc(OC)c(OC)c2OC)cc1O. The van der Waals surface area contributed by atoms with Crippen molar-refractivity contribution in [2.24, 2.45) is 0 Å². The molecule has 2 aromatic carbocycles. The number of β-lactam (4-membered cyclic amide) rings is 1. The van der Waals surface area contributed by atoms with Crippen molar-refractivity contribution in [2.75, 3.05) is 33.3 Å². The van der Waals surface area contributed by atoms with E-state index >= 15 is 0 Å². The number of benzene rings is 2. The molecule has 1 fully saturated rings. The Morgan fingerprint density at radius 1 is 0.923 bits per heavy atom. The number of hydrogen-bond acceptors (Lipinski definition) is 6. The zero-order chi connectivity index (χ0) is 18.8. The van der Waals surface area contributed by atoms with Gasteiger partial charge in [-0.3, -0.25) is 4.79 Å². The Bertz CT molecular complexity index is 835. The summed E-state index contributed by atoms with van der Waals surface area (Å²) in [6.07, 6.45) is 0.332. The number of anilines is 1. The van der Waals surface area contributed by atoms with Crippen LogP contribution in [-0.4, -0.2) is 39.5 Å². The topological polar surface area (TPSA) is 77.5 Å². The highest BCUT2D eigenvalue weighted by molar-refractivity contribution is 6.01. The molecule has 1 aliphatic rings. The average Bonchev–Trinajstić information content (AvgIpc) is 2.64. The maximum atomic E-state index is 12.3. The normalized spacial score (nSPS) is 16.1. The molecule has 0 aromatic heterocycles. The van der Waals surface area contributed by atoms with Gasteiger partial charge in [-0.2, -0.15) is 0 Å². The summed E-state index contributed by atoms with van der Waals surface area (Å²) in [6.45, 7) is 0. The summed E-state index contributed by atoms with van der Waals surface area (Å²) in [6, 6.07) is 8.27. The molecule has 7 heteroatoms. The van der Waals surface area contributed by atoms with Crippen LogP contribution >= 0.6 is 0 Å². The lowest BCUT2D eigenvalue weighted by atomic mass is 9.91. The standard InChI is InChI=1S/C19H21NO6/c1-23-15-7-5-11(9-14(15)21)20-13(10-17(20)22)12-6-8-16(24-2)19(26-4)18(12)25-3/h5-9,13,21H,10H2,1-4H3. The monoisotopic (exact) mass is 359 g/mol. The fourth-order valence-electron chi connectivity index (χ4n) is 3.20. The van der Waals surface area contributed by atoms with Crippen LogP contribution in [0.1, 0.15) is 18.0 Å². The van der Waals surface area contributed by atoms with Crippen LogP contribution in [0.2, 0.25) is 0 Å². The second-order valence-corrected chi connectivity index (χ2v) is 5.76. The third-order valence-corrected chi connectivity index (χ3v) is 4.48. The lowest BCUT2D eigenvalue weighted by molar-refractivity contribution is -0.124. The van der Waals surface area contributed by atoms with E-state index in [2.05, 4.69) is 0 Å². The maximum Gasteiger partial charge on any atom is 0.230 e. The first kappa shape index (κ1) is 17.7. The van der Waals surface area contributed by atoms with Crippen molar-refractivity contribution < 1.29 is 28.8 Å². The van der Waals surface area contributed by atoms with E-state index in [4.69, 9.17) is 18.9 Å². The molecule has 3 rings (SSSR count). The number of hydrogen-bond donors (Lipinski definition) is 1. The third-order valence-electron chi connectivity index (χ3n) is 4.48. The van der Waals surface area contributed by atoms with Gasteiger partial charge < -0.3 is 29.0 Å². The van der Waals surface area contributed by atoms with Gasteiger partial charge in [-0.15, -0.1) is 0 Å². The maximum absolute atomic E-state index is 12.3. The summed E-state index contributed by atoms with van der Waals surface area (Å²) in [5, 5.41) is 10.0. The summed E-state index contributed by atoms with van der Waals surface area (Å²) in [4.78, 5) is 13.9. The molecule has 2 aromatic rings. The highest BCUT2D eigenvalue weighted by Crippen LogP contribution is 2.49. The van der Waals surface area contributed by atoms with Gasteiger partial charge >= 0.3 is 0 Å². The fourth-order valence-corrected chi connectivity index (χ4v) is 3.20. The third kappa shape index (κ3) is 2.75. The number of aromatic hydroxyl groups is 1. The second kappa shape index (κ2) is 7.03. The minimum atomic E-state index is -0.231. The molecular weight excluding hydrogens is 338 g/mol. The van der Waals surface area contributed by atoms with Crippen molar-refractivity contribution in [1.29, 1.82) is 0 Å². The van der Waals surface area contributed by atoms with E-state index < -0.39 is 0 Å². The number of phenolic OH excluding ortho intramolecular Hbond substituents is 1. The molecule has 26 heavy (non-hydrogen) atoms. The van der Waals surface area contributed by atoms with E-state index in [0.717, 1.165) is 5.56 Å². The van der Waals surface area contributed by atoms with Crippen molar-refractivity contribution in [1.82, 2.24) is 0 Å². The predicted molar refractivity (Wildman–Crippen MR) is 95.6 cm³/mol. The van der Waals surface area contributed by atoms with Crippen molar-refractivity contribution in [3.63, 3.8) is 0 Å². The Hall–Kier alpha value is -3.09. The van der Waals surface area contributed by atoms with Crippen LogP contribution in [0.15, 0.2) is 30.3 Å². The number of carbonyl (C=O) groups is 1. The Morgan fingerprint density at radius 2 is 1.58 bits per heavy atom. The van der Waals surface area contributed by atoms with Gasteiger partial charge in [0.05, 0.1) is 40.9 Å². The van der Waals surface area contributed by atoms with E-state index in [1.165, 1.54) is 20.3 Å². The number of amides is 1. The summed E-state index contributed by atoms with van der Waals surface area (Å²) in [7, 11) is 6.11. The molecule has 0 saturated carbocycles. The van der Waals surface area contributed by atoms with Gasteiger partial charge in [0.1, 0.15) is 0 Å². The van der Waals surface area contributed by atoms with Crippen molar-refractivity contribution in [3.05, 3.63) is 35.9 Å². The van der Waals surface area contributed by atoms with E-state index in [0.29, 0.717) is 35.1 Å². The van der Waals surface area contributed by atoms with Crippen molar-refractivity contribution >= 4 is 11.6 Å². The van der Waals surface area contributed by atoms with Crippen LogP contribution in [0, 0.1) is 0 Å². The van der Waals surface area contributed by atoms with E-state index in [1.54, 1.807) is 37.3 Å². The van der Waals surface area contributed by atoms with Gasteiger partial charge in [0.25, 0.3) is 0 Å². The molecule has 1 amide bonds. The molecule has 0 aliphatic carbocycles. The molecule has 1 aliphatic heterocycles. The summed E-state index contributed by atoms with van der Waals surface area (Å²) in [5.41, 5.74) is 1.39. The highest BCUT2D eigenvalue weighted by atomic mass is 16.5. The molecule has 1 heterocycles. The zero-order valence-corrected chi connectivity index (χ0v) is 15.1. The average molecular weight is 359 g/mol. The number of carbonyl (C=O) groups excluding carboxylic acids is 1. The van der Waals surface area contributed by atoms with Gasteiger partial charge in [0.2, 0.25) is 11.7 Å². The highest BCUT2D eigenvalue weighted by Gasteiger charge is 2.41. The molecule has 7 nitrogen and oxygen atoms in total. The van der Waals surface area contributed by atoms with Gasteiger partial charge in [0.15, 0.2) is 23.0 Å². The van der Waals surface area contributed by atoms with E-state index in [1.807, 2.05) is 6.07 Å². The molecule has 1 N–H and O–H groups in total. The summed E-state index contributed by atoms with van der Waals surface area (Å²) < 4.78 is 21.3. The number of nitrogens with zero attached hydrogens (tertiary/aromatic N) is 1. The summed E-state index contributed by atoms with van der Waals surface area (Å²) >= 11 is 0. The minimum absolute atomic E-state index is 0.0253. The second-order valence-electron chi connectivity index (χ2n) is 5.76.